The molecule has 0 saturated carbocycles. The van der Waals surface area contributed by atoms with Crippen LogP contribution < -0.4 is 5.32 Å². The topological polar surface area (TPSA) is 66.0 Å². The molecular formula is C22H17FN2O2. The maximum Gasteiger partial charge on any atom is 0.262 e. The van der Waals surface area contributed by atoms with Gasteiger partial charge in [-0.3, -0.25) is 4.79 Å². The minimum Gasteiger partial charge on any atom is -0.457 e. The smallest absolute Gasteiger partial charge is 0.262 e. The van der Waals surface area contributed by atoms with Gasteiger partial charge >= 0.3 is 0 Å². The lowest BCUT2D eigenvalue weighted by Gasteiger charge is -2.13. The summed E-state index contributed by atoms with van der Waals surface area (Å²) in [5, 5.41) is 12.1. The molecule has 0 aliphatic heterocycles. The van der Waals surface area contributed by atoms with E-state index in [1.807, 2.05) is 43.3 Å². The average molecular weight is 360 g/mol. The summed E-state index contributed by atoms with van der Waals surface area (Å²) in [7, 11) is 0. The molecule has 0 aliphatic rings. The van der Waals surface area contributed by atoms with Gasteiger partial charge in [-0.05, 0) is 36.8 Å². The molecule has 0 spiro atoms. The molecule has 3 rings (SSSR count). The largest absolute Gasteiger partial charge is 0.457 e. The molecule has 27 heavy (non-hydrogen) atoms. The Kier molecular flexibility index (Phi) is 5.48. The molecule has 0 fully saturated rings. The molecule has 0 unspecified atom stereocenters. The second-order valence-corrected chi connectivity index (χ2v) is 5.99. The number of amides is 1. The fraction of sp³-hybridized carbons (Fsp3) is 0.0909. The summed E-state index contributed by atoms with van der Waals surface area (Å²) in [5.74, 6) is -0.0602. The van der Waals surface area contributed by atoms with Gasteiger partial charge in [-0.2, -0.15) is 5.26 Å². The normalized spacial score (nSPS) is 12.3. The van der Waals surface area contributed by atoms with Crippen LogP contribution in [-0.2, 0) is 4.79 Å². The summed E-state index contributed by atoms with van der Waals surface area (Å²) in [4.78, 5) is 12.4. The van der Waals surface area contributed by atoms with Gasteiger partial charge in [0.1, 0.15) is 29.0 Å². The fourth-order valence-electron chi connectivity index (χ4n) is 2.62. The lowest BCUT2D eigenvalue weighted by molar-refractivity contribution is -0.117. The van der Waals surface area contributed by atoms with E-state index in [2.05, 4.69) is 5.32 Å². The number of hydrogen-bond acceptors (Lipinski definition) is 3. The molecule has 1 N–H and O–H groups in total. The molecule has 0 saturated heterocycles. The third-order valence-electron chi connectivity index (χ3n) is 4.03. The standard InChI is InChI=1S/C22H17FN2O2/c1-15(16-6-3-2-4-7-16)25-22(26)18(14-24)13-20-10-11-21(27-20)17-8-5-9-19(23)12-17/h2-13,15H,1H3,(H,25,26)/b18-13-/t15-/m1/s1. The number of nitrogens with one attached hydrogen (secondary N) is 1. The van der Waals surface area contributed by atoms with Crippen LogP contribution in [0.2, 0.25) is 0 Å². The van der Waals surface area contributed by atoms with Crippen molar-refractivity contribution in [3.05, 3.63) is 89.4 Å². The molecule has 3 aromatic rings. The van der Waals surface area contributed by atoms with Crippen LogP contribution in [0.25, 0.3) is 17.4 Å². The maximum atomic E-state index is 13.3. The van der Waals surface area contributed by atoms with Crippen molar-refractivity contribution in [1.29, 1.82) is 5.26 Å². The number of carbonyl (C=O) groups is 1. The van der Waals surface area contributed by atoms with Crippen molar-refractivity contribution in [1.82, 2.24) is 5.32 Å². The van der Waals surface area contributed by atoms with Crippen molar-refractivity contribution in [2.75, 3.05) is 0 Å². The van der Waals surface area contributed by atoms with E-state index in [9.17, 15) is 14.4 Å². The van der Waals surface area contributed by atoms with Gasteiger partial charge in [-0.25, -0.2) is 4.39 Å². The average Bonchev–Trinajstić information content (AvgIpc) is 3.15. The molecule has 2 aromatic carbocycles. The maximum absolute atomic E-state index is 13.3. The Morgan fingerprint density at radius 3 is 2.63 bits per heavy atom. The molecule has 134 valence electrons. The summed E-state index contributed by atoms with van der Waals surface area (Å²) in [6, 6.07) is 20.4. The second-order valence-electron chi connectivity index (χ2n) is 5.99. The van der Waals surface area contributed by atoms with Crippen LogP contribution >= 0.6 is 0 Å². The number of benzene rings is 2. The van der Waals surface area contributed by atoms with Gasteiger partial charge < -0.3 is 9.73 Å². The van der Waals surface area contributed by atoms with Crippen LogP contribution in [0.5, 0.6) is 0 Å². The van der Waals surface area contributed by atoms with Crippen LogP contribution in [0, 0.1) is 17.1 Å². The van der Waals surface area contributed by atoms with Crippen molar-refractivity contribution in [3.8, 4) is 17.4 Å². The molecule has 0 bridgehead atoms. The SMILES string of the molecule is C[C@@H](NC(=O)/C(C#N)=C\c1ccc(-c2cccc(F)c2)o1)c1ccccc1. The molecule has 0 aliphatic carbocycles. The summed E-state index contributed by atoms with van der Waals surface area (Å²) < 4.78 is 19.0. The lowest BCUT2D eigenvalue weighted by atomic mass is 10.1. The predicted octanol–water partition coefficient (Wildman–Crippen LogP) is 4.87. The van der Waals surface area contributed by atoms with E-state index in [1.165, 1.54) is 18.2 Å². The number of furan rings is 1. The van der Waals surface area contributed by atoms with Crippen molar-refractivity contribution in [2.45, 2.75) is 13.0 Å². The van der Waals surface area contributed by atoms with Crippen molar-refractivity contribution in [2.24, 2.45) is 0 Å². The summed E-state index contributed by atoms with van der Waals surface area (Å²) in [6.45, 7) is 1.84. The second kappa shape index (κ2) is 8.15. The third-order valence-corrected chi connectivity index (χ3v) is 4.03. The zero-order chi connectivity index (χ0) is 19.2. The monoisotopic (exact) mass is 360 g/mol. The lowest BCUT2D eigenvalue weighted by Crippen LogP contribution is -2.27. The molecule has 5 heteroatoms. The number of nitriles is 1. The number of carbonyl (C=O) groups excluding carboxylic acids is 1. The van der Waals surface area contributed by atoms with E-state index in [1.54, 1.807) is 24.3 Å². The van der Waals surface area contributed by atoms with E-state index in [-0.39, 0.29) is 17.4 Å². The fourth-order valence-corrected chi connectivity index (χ4v) is 2.62. The van der Waals surface area contributed by atoms with Crippen LogP contribution in [0.3, 0.4) is 0 Å². The molecular weight excluding hydrogens is 343 g/mol. The van der Waals surface area contributed by atoms with Crippen LogP contribution in [-0.4, -0.2) is 5.91 Å². The molecule has 4 nitrogen and oxygen atoms in total. The van der Waals surface area contributed by atoms with Crippen molar-refractivity contribution >= 4 is 12.0 Å². The zero-order valence-electron chi connectivity index (χ0n) is 14.6. The van der Waals surface area contributed by atoms with Crippen molar-refractivity contribution < 1.29 is 13.6 Å². The zero-order valence-corrected chi connectivity index (χ0v) is 14.6. The predicted molar refractivity (Wildman–Crippen MR) is 101 cm³/mol. The van der Waals surface area contributed by atoms with Crippen LogP contribution in [0.15, 0.2) is 76.7 Å². The Bertz CT molecular complexity index is 1020. The van der Waals surface area contributed by atoms with E-state index in [4.69, 9.17) is 4.42 Å². The van der Waals surface area contributed by atoms with Gasteiger partial charge in [0.15, 0.2) is 0 Å². The van der Waals surface area contributed by atoms with Gasteiger partial charge in [0, 0.05) is 11.6 Å². The highest BCUT2D eigenvalue weighted by molar-refractivity contribution is 6.01. The first-order chi connectivity index (χ1) is 13.1. The van der Waals surface area contributed by atoms with Gasteiger partial charge in [-0.15, -0.1) is 0 Å². The molecule has 0 radical (unpaired) electrons. The number of halogens is 1. The Hall–Kier alpha value is -3.65. The van der Waals surface area contributed by atoms with Crippen molar-refractivity contribution in [3.63, 3.8) is 0 Å². The molecule has 1 aromatic heterocycles. The first-order valence-corrected chi connectivity index (χ1v) is 8.40. The van der Waals surface area contributed by atoms with E-state index < -0.39 is 5.91 Å². The number of hydrogen-bond donors (Lipinski definition) is 1. The summed E-state index contributed by atoms with van der Waals surface area (Å²) >= 11 is 0. The Morgan fingerprint density at radius 2 is 1.93 bits per heavy atom. The minimum absolute atomic E-state index is 0.0714. The minimum atomic E-state index is -0.488. The quantitative estimate of drug-likeness (QED) is 0.521. The van der Waals surface area contributed by atoms with Gasteiger partial charge in [0.2, 0.25) is 0 Å². The highest BCUT2D eigenvalue weighted by Gasteiger charge is 2.14. The molecule has 1 amide bonds. The molecule has 1 heterocycles. The Morgan fingerprint density at radius 1 is 1.15 bits per heavy atom. The van der Waals surface area contributed by atoms with E-state index in [0.717, 1.165) is 5.56 Å². The highest BCUT2D eigenvalue weighted by Crippen LogP contribution is 2.24. The third kappa shape index (κ3) is 4.50. The highest BCUT2D eigenvalue weighted by atomic mass is 19.1. The first-order valence-electron chi connectivity index (χ1n) is 8.40. The summed E-state index contributed by atoms with van der Waals surface area (Å²) in [5.41, 5.74) is 1.45. The van der Waals surface area contributed by atoms with Crippen LogP contribution in [0.1, 0.15) is 24.3 Å². The van der Waals surface area contributed by atoms with Crippen LogP contribution in [0.4, 0.5) is 4.39 Å². The first kappa shape index (κ1) is 18.2. The Balaban J connectivity index is 1.76. The van der Waals surface area contributed by atoms with Gasteiger partial charge in [-0.1, -0.05) is 42.5 Å². The number of nitrogens with zero attached hydrogens (tertiary/aromatic N) is 1. The van der Waals surface area contributed by atoms with Gasteiger partial charge in [0.05, 0.1) is 6.04 Å². The molecule has 1 atom stereocenters. The van der Waals surface area contributed by atoms with E-state index >= 15 is 0 Å². The summed E-state index contributed by atoms with van der Waals surface area (Å²) in [6.07, 6.45) is 1.37. The number of rotatable bonds is 5. The Labute approximate surface area is 156 Å². The van der Waals surface area contributed by atoms with E-state index in [0.29, 0.717) is 17.1 Å². The van der Waals surface area contributed by atoms with Gasteiger partial charge in [0.25, 0.3) is 5.91 Å².